The number of likely N-dealkylation sites (tertiary alicyclic amines) is 1. The van der Waals surface area contributed by atoms with Crippen molar-refractivity contribution in [1.29, 1.82) is 0 Å². The third-order valence-corrected chi connectivity index (χ3v) is 4.16. The van der Waals surface area contributed by atoms with Crippen molar-refractivity contribution in [2.45, 2.75) is 39.2 Å². The first-order valence-electron chi connectivity index (χ1n) is 7.30. The van der Waals surface area contributed by atoms with Crippen LogP contribution in [0.2, 0.25) is 0 Å². The molecule has 1 fully saturated rings. The van der Waals surface area contributed by atoms with Gasteiger partial charge in [0.2, 0.25) is 5.91 Å². The van der Waals surface area contributed by atoms with Crippen LogP contribution in [0.5, 0.6) is 0 Å². The van der Waals surface area contributed by atoms with E-state index in [0.717, 1.165) is 25.3 Å². The SMILES string of the molecule is CCC1CCC(=O)N(Cc2cc(C(=O)O)ccc2F)CC1. The van der Waals surface area contributed by atoms with E-state index in [1.54, 1.807) is 4.90 Å². The quantitative estimate of drug-likeness (QED) is 0.928. The van der Waals surface area contributed by atoms with E-state index in [0.29, 0.717) is 18.9 Å². The van der Waals surface area contributed by atoms with E-state index in [1.807, 2.05) is 0 Å². The summed E-state index contributed by atoms with van der Waals surface area (Å²) in [6.45, 7) is 2.86. The molecule has 2 rings (SSSR count). The zero-order chi connectivity index (χ0) is 15.4. The Labute approximate surface area is 123 Å². The number of hydrogen-bond donors (Lipinski definition) is 1. The van der Waals surface area contributed by atoms with Gasteiger partial charge >= 0.3 is 5.97 Å². The van der Waals surface area contributed by atoms with E-state index < -0.39 is 11.8 Å². The average molecular weight is 293 g/mol. The molecule has 1 atom stereocenters. The lowest BCUT2D eigenvalue weighted by Gasteiger charge is -2.21. The van der Waals surface area contributed by atoms with Crippen LogP contribution < -0.4 is 0 Å². The van der Waals surface area contributed by atoms with Crippen LogP contribution in [-0.4, -0.2) is 28.4 Å². The van der Waals surface area contributed by atoms with Gasteiger partial charge in [0.25, 0.3) is 0 Å². The number of carboxylic acid groups (broad SMARTS) is 1. The van der Waals surface area contributed by atoms with E-state index in [2.05, 4.69) is 6.92 Å². The second-order valence-electron chi connectivity index (χ2n) is 5.53. The monoisotopic (exact) mass is 293 g/mol. The van der Waals surface area contributed by atoms with Crippen LogP contribution in [0.4, 0.5) is 4.39 Å². The van der Waals surface area contributed by atoms with Crippen molar-refractivity contribution in [3.63, 3.8) is 0 Å². The topological polar surface area (TPSA) is 57.6 Å². The first-order chi connectivity index (χ1) is 10.0. The number of rotatable bonds is 4. The van der Waals surface area contributed by atoms with Gasteiger partial charge in [0.15, 0.2) is 0 Å². The number of nitrogens with zero attached hydrogens (tertiary/aromatic N) is 1. The molecule has 1 heterocycles. The highest BCUT2D eigenvalue weighted by molar-refractivity contribution is 5.87. The Morgan fingerprint density at radius 3 is 2.86 bits per heavy atom. The largest absolute Gasteiger partial charge is 0.478 e. The summed E-state index contributed by atoms with van der Waals surface area (Å²) in [4.78, 5) is 24.7. The van der Waals surface area contributed by atoms with Crippen LogP contribution in [0.1, 0.15) is 48.5 Å². The van der Waals surface area contributed by atoms with E-state index in [4.69, 9.17) is 5.11 Å². The maximum atomic E-state index is 13.8. The van der Waals surface area contributed by atoms with Crippen LogP contribution in [0.3, 0.4) is 0 Å². The number of benzene rings is 1. The Morgan fingerprint density at radius 2 is 2.19 bits per heavy atom. The maximum absolute atomic E-state index is 13.8. The van der Waals surface area contributed by atoms with E-state index in [-0.39, 0.29) is 23.6 Å². The van der Waals surface area contributed by atoms with Gasteiger partial charge in [0, 0.05) is 25.1 Å². The lowest BCUT2D eigenvalue weighted by Crippen LogP contribution is -2.30. The Bertz CT molecular complexity index is 544. The Morgan fingerprint density at radius 1 is 1.43 bits per heavy atom. The summed E-state index contributed by atoms with van der Waals surface area (Å²) in [5.41, 5.74) is 0.304. The molecule has 0 bridgehead atoms. The number of carbonyl (C=O) groups excluding carboxylic acids is 1. The second-order valence-corrected chi connectivity index (χ2v) is 5.53. The molecule has 0 radical (unpaired) electrons. The zero-order valence-electron chi connectivity index (χ0n) is 12.1. The molecule has 1 amide bonds. The van der Waals surface area contributed by atoms with Crippen LogP contribution in [0.25, 0.3) is 0 Å². The van der Waals surface area contributed by atoms with Crippen LogP contribution in [0.15, 0.2) is 18.2 Å². The minimum Gasteiger partial charge on any atom is -0.478 e. The molecule has 1 saturated heterocycles. The normalized spacial score (nSPS) is 19.4. The van der Waals surface area contributed by atoms with Gasteiger partial charge in [0.05, 0.1) is 5.56 Å². The van der Waals surface area contributed by atoms with E-state index >= 15 is 0 Å². The zero-order valence-corrected chi connectivity index (χ0v) is 12.1. The number of carboxylic acids is 1. The minimum atomic E-state index is -1.09. The fourth-order valence-corrected chi connectivity index (χ4v) is 2.70. The second kappa shape index (κ2) is 6.70. The summed E-state index contributed by atoms with van der Waals surface area (Å²) in [6.07, 6.45) is 3.33. The number of halogens is 1. The number of amides is 1. The highest BCUT2D eigenvalue weighted by Gasteiger charge is 2.22. The van der Waals surface area contributed by atoms with Crippen LogP contribution in [-0.2, 0) is 11.3 Å². The first-order valence-corrected chi connectivity index (χ1v) is 7.30. The molecule has 0 aromatic heterocycles. The van der Waals surface area contributed by atoms with E-state index in [9.17, 15) is 14.0 Å². The predicted octanol–water partition coefficient (Wildman–Crippen LogP) is 3.06. The van der Waals surface area contributed by atoms with Gasteiger partial charge in [-0.1, -0.05) is 13.3 Å². The van der Waals surface area contributed by atoms with Crippen LogP contribution >= 0.6 is 0 Å². The van der Waals surface area contributed by atoms with Gasteiger partial charge in [-0.05, 0) is 37.0 Å². The summed E-state index contributed by atoms with van der Waals surface area (Å²) in [5.74, 6) is -1.01. The molecule has 1 aromatic rings. The first kappa shape index (κ1) is 15.5. The molecule has 1 N–H and O–H groups in total. The van der Waals surface area contributed by atoms with Gasteiger partial charge in [-0.3, -0.25) is 4.79 Å². The Kier molecular flexibility index (Phi) is 4.94. The molecule has 5 heteroatoms. The van der Waals surface area contributed by atoms with Gasteiger partial charge < -0.3 is 10.0 Å². The number of aromatic carboxylic acids is 1. The molecule has 21 heavy (non-hydrogen) atoms. The standard InChI is InChI=1S/C16H20FNO3/c1-2-11-3-6-15(19)18(8-7-11)10-13-9-12(16(20)21)4-5-14(13)17/h4-5,9,11H,2-3,6-8,10H2,1H3,(H,20,21). The molecule has 0 saturated carbocycles. The smallest absolute Gasteiger partial charge is 0.335 e. The molecule has 0 aliphatic carbocycles. The van der Waals surface area contributed by atoms with Gasteiger partial charge in [-0.2, -0.15) is 0 Å². The number of hydrogen-bond acceptors (Lipinski definition) is 2. The van der Waals surface area contributed by atoms with Crippen molar-refractivity contribution in [3.8, 4) is 0 Å². The molecular weight excluding hydrogens is 273 g/mol. The fraction of sp³-hybridized carbons (Fsp3) is 0.500. The lowest BCUT2D eigenvalue weighted by molar-refractivity contribution is -0.131. The van der Waals surface area contributed by atoms with Gasteiger partial charge in [0.1, 0.15) is 5.82 Å². The summed E-state index contributed by atoms with van der Waals surface area (Å²) in [7, 11) is 0. The minimum absolute atomic E-state index is 0.0195. The third-order valence-electron chi connectivity index (χ3n) is 4.16. The molecule has 4 nitrogen and oxygen atoms in total. The fourth-order valence-electron chi connectivity index (χ4n) is 2.70. The van der Waals surface area contributed by atoms with Crippen LogP contribution in [0, 0.1) is 11.7 Å². The van der Waals surface area contributed by atoms with Crippen molar-refractivity contribution >= 4 is 11.9 Å². The molecule has 0 spiro atoms. The summed E-state index contributed by atoms with van der Waals surface area (Å²) >= 11 is 0. The Balaban J connectivity index is 2.15. The van der Waals surface area contributed by atoms with Crippen molar-refractivity contribution < 1.29 is 19.1 Å². The summed E-state index contributed by atoms with van der Waals surface area (Å²) in [6, 6.07) is 3.70. The predicted molar refractivity (Wildman–Crippen MR) is 76.4 cm³/mol. The van der Waals surface area contributed by atoms with Crippen molar-refractivity contribution in [2.24, 2.45) is 5.92 Å². The van der Waals surface area contributed by atoms with E-state index in [1.165, 1.54) is 12.1 Å². The highest BCUT2D eigenvalue weighted by Crippen LogP contribution is 2.23. The average Bonchev–Trinajstić information content (AvgIpc) is 2.63. The third kappa shape index (κ3) is 3.80. The molecule has 1 aliphatic rings. The Hall–Kier alpha value is -1.91. The molecule has 1 aliphatic heterocycles. The van der Waals surface area contributed by atoms with Gasteiger partial charge in [-0.15, -0.1) is 0 Å². The molecule has 1 unspecified atom stereocenters. The number of carbonyl (C=O) groups is 2. The molecule has 1 aromatic carbocycles. The molecule has 114 valence electrons. The van der Waals surface area contributed by atoms with Crippen molar-refractivity contribution in [2.75, 3.05) is 6.54 Å². The molecular formula is C16H20FNO3. The maximum Gasteiger partial charge on any atom is 0.335 e. The summed E-state index contributed by atoms with van der Waals surface area (Å²) in [5, 5.41) is 8.97. The highest BCUT2D eigenvalue weighted by atomic mass is 19.1. The van der Waals surface area contributed by atoms with Crippen molar-refractivity contribution in [1.82, 2.24) is 4.90 Å². The van der Waals surface area contributed by atoms with Gasteiger partial charge in [-0.25, -0.2) is 9.18 Å². The van der Waals surface area contributed by atoms with Crippen molar-refractivity contribution in [3.05, 3.63) is 35.1 Å². The summed E-state index contributed by atoms with van der Waals surface area (Å²) < 4.78 is 13.8. The lowest BCUT2D eigenvalue weighted by atomic mass is 9.98.